The van der Waals surface area contributed by atoms with Crippen LogP contribution in [0.15, 0.2) is 0 Å². The molecule has 0 aromatic carbocycles. The number of rotatable bonds is 8. The fourth-order valence-corrected chi connectivity index (χ4v) is 1.48. The molecule has 0 aliphatic heterocycles. The maximum absolute atomic E-state index is 11.6. The van der Waals surface area contributed by atoms with Gasteiger partial charge in [0.1, 0.15) is 0 Å². The van der Waals surface area contributed by atoms with Crippen molar-refractivity contribution in [3.8, 4) is 0 Å². The van der Waals surface area contributed by atoms with Gasteiger partial charge in [0.05, 0.1) is 12.2 Å². The number of hydrogen-bond acceptors (Lipinski definition) is 3. The van der Waals surface area contributed by atoms with Gasteiger partial charge in [-0.15, -0.1) is 0 Å². The molecule has 0 unspecified atom stereocenters. The van der Waals surface area contributed by atoms with Gasteiger partial charge in [-0.2, -0.15) is 0 Å². The van der Waals surface area contributed by atoms with E-state index in [0.717, 1.165) is 12.8 Å². The smallest absolute Gasteiger partial charge is 0.314 e. The second-order valence-electron chi connectivity index (χ2n) is 5.37. The van der Waals surface area contributed by atoms with Crippen molar-refractivity contribution in [2.45, 2.75) is 46.1 Å². The van der Waals surface area contributed by atoms with Crippen molar-refractivity contribution < 1.29 is 14.6 Å². The molecule has 0 saturated heterocycles. The molecule has 5 heteroatoms. The minimum Gasteiger partial charge on any atom is -0.396 e. The van der Waals surface area contributed by atoms with Crippen molar-refractivity contribution in [3.63, 3.8) is 0 Å². The van der Waals surface area contributed by atoms with Crippen molar-refractivity contribution >= 4 is 6.03 Å². The summed E-state index contributed by atoms with van der Waals surface area (Å²) in [5.41, 5.74) is -0.588. The van der Waals surface area contributed by atoms with E-state index in [-0.39, 0.29) is 23.7 Å². The number of aliphatic hydroxyl groups excluding tert-OH is 1. The quantitative estimate of drug-likeness (QED) is 0.619. The van der Waals surface area contributed by atoms with Crippen LogP contribution >= 0.6 is 0 Å². The third-order valence-electron chi connectivity index (χ3n) is 3.69. The number of carbonyl (C=O) groups is 1. The normalized spacial score (nSPS) is 12.3. The van der Waals surface area contributed by atoms with Gasteiger partial charge in [0.2, 0.25) is 0 Å². The van der Waals surface area contributed by atoms with Crippen LogP contribution in [0.1, 0.15) is 40.5 Å². The Balaban J connectivity index is 4.10. The Hall–Kier alpha value is -0.810. The Kier molecular flexibility index (Phi) is 7.25. The second kappa shape index (κ2) is 7.59. The molecule has 0 aromatic rings. The molecular weight excluding hydrogens is 232 g/mol. The Labute approximate surface area is 110 Å². The Morgan fingerprint density at radius 1 is 1.17 bits per heavy atom. The number of aliphatic hydroxyl groups is 1. The summed E-state index contributed by atoms with van der Waals surface area (Å²) in [6, 6.07) is -0.222. The lowest BCUT2D eigenvalue weighted by atomic mass is 9.83. The molecule has 2 amide bonds. The first-order valence-electron chi connectivity index (χ1n) is 6.52. The maximum Gasteiger partial charge on any atom is 0.314 e. The molecule has 0 atom stereocenters. The van der Waals surface area contributed by atoms with Gasteiger partial charge >= 0.3 is 6.03 Å². The van der Waals surface area contributed by atoms with Gasteiger partial charge < -0.3 is 20.5 Å². The van der Waals surface area contributed by atoms with Crippen LogP contribution < -0.4 is 10.6 Å². The summed E-state index contributed by atoms with van der Waals surface area (Å²) in [5.74, 6) is 0. The largest absolute Gasteiger partial charge is 0.396 e. The minimum absolute atomic E-state index is 0.0871. The molecule has 18 heavy (non-hydrogen) atoms. The van der Waals surface area contributed by atoms with E-state index in [1.807, 2.05) is 27.7 Å². The van der Waals surface area contributed by atoms with Crippen molar-refractivity contribution in [1.82, 2.24) is 10.6 Å². The molecule has 0 aliphatic rings. The zero-order chi connectivity index (χ0) is 14.2. The van der Waals surface area contributed by atoms with Gasteiger partial charge in [0.25, 0.3) is 0 Å². The molecule has 0 aliphatic carbocycles. The second-order valence-corrected chi connectivity index (χ2v) is 5.37. The van der Waals surface area contributed by atoms with E-state index in [9.17, 15) is 9.90 Å². The van der Waals surface area contributed by atoms with Gasteiger partial charge in [0.15, 0.2) is 0 Å². The number of ether oxygens (including phenoxy) is 1. The molecule has 0 heterocycles. The van der Waals surface area contributed by atoms with E-state index in [1.165, 1.54) is 0 Å². The molecule has 3 N–H and O–H groups in total. The molecule has 0 spiro atoms. The van der Waals surface area contributed by atoms with Gasteiger partial charge in [-0.3, -0.25) is 0 Å². The number of methoxy groups -OCH3 is 1. The maximum atomic E-state index is 11.6. The predicted molar refractivity (Wildman–Crippen MR) is 72.6 cm³/mol. The molecular formula is C13H28N2O3. The molecule has 0 bridgehead atoms. The SMILES string of the molecule is CCC(CC)(CO)CNC(=O)NCC(C)(C)OC. The Bertz CT molecular complexity index is 242. The fourth-order valence-electron chi connectivity index (χ4n) is 1.48. The first-order valence-corrected chi connectivity index (χ1v) is 6.52. The van der Waals surface area contributed by atoms with Crippen LogP contribution in [0.3, 0.4) is 0 Å². The lowest BCUT2D eigenvalue weighted by Crippen LogP contribution is -2.47. The Morgan fingerprint density at radius 2 is 1.67 bits per heavy atom. The van der Waals surface area contributed by atoms with E-state index in [1.54, 1.807) is 7.11 Å². The number of nitrogens with one attached hydrogen (secondary N) is 2. The lowest BCUT2D eigenvalue weighted by Gasteiger charge is -2.30. The van der Waals surface area contributed by atoms with E-state index >= 15 is 0 Å². The molecule has 0 radical (unpaired) electrons. The summed E-state index contributed by atoms with van der Waals surface area (Å²) in [5, 5.41) is 15.0. The van der Waals surface area contributed by atoms with Crippen molar-refractivity contribution in [2.75, 3.05) is 26.8 Å². The van der Waals surface area contributed by atoms with Crippen LogP contribution in [0.5, 0.6) is 0 Å². The van der Waals surface area contributed by atoms with Crippen molar-refractivity contribution in [3.05, 3.63) is 0 Å². The highest BCUT2D eigenvalue weighted by atomic mass is 16.5. The Morgan fingerprint density at radius 3 is 2.06 bits per heavy atom. The number of hydrogen-bond donors (Lipinski definition) is 3. The van der Waals surface area contributed by atoms with Crippen molar-refractivity contribution in [2.24, 2.45) is 5.41 Å². The first-order chi connectivity index (χ1) is 8.34. The highest BCUT2D eigenvalue weighted by Crippen LogP contribution is 2.24. The first kappa shape index (κ1) is 17.2. The average Bonchev–Trinajstić information content (AvgIpc) is 2.39. The molecule has 5 nitrogen and oxygen atoms in total. The van der Waals surface area contributed by atoms with Crippen LogP contribution in [-0.2, 0) is 4.74 Å². The molecule has 108 valence electrons. The van der Waals surface area contributed by atoms with E-state index in [4.69, 9.17) is 4.74 Å². The third-order valence-corrected chi connectivity index (χ3v) is 3.69. The van der Waals surface area contributed by atoms with E-state index in [0.29, 0.717) is 13.1 Å². The summed E-state index contributed by atoms with van der Waals surface area (Å²) in [6.45, 7) is 8.87. The predicted octanol–water partition coefficient (Wildman–Crippen LogP) is 1.51. The molecule has 0 aromatic heterocycles. The van der Waals surface area contributed by atoms with Crippen LogP contribution in [0.4, 0.5) is 4.79 Å². The van der Waals surface area contributed by atoms with E-state index < -0.39 is 0 Å². The average molecular weight is 260 g/mol. The zero-order valence-corrected chi connectivity index (χ0v) is 12.3. The number of urea groups is 1. The highest BCUT2D eigenvalue weighted by molar-refractivity contribution is 5.73. The van der Waals surface area contributed by atoms with Crippen LogP contribution in [0.2, 0.25) is 0 Å². The van der Waals surface area contributed by atoms with Gasteiger partial charge in [0, 0.05) is 25.6 Å². The highest BCUT2D eigenvalue weighted by Gasteiger charge is 2.26. The van der Waals surface area contributed by atoms with Crippen LogP contribution in [-0.4, -0.2) is 43.5 Å². The summed E-state index contributed by atoms with van der Waals surface area (Å²) < 4.78 is 5.21. The molecule has 0 rings (SSSR count). The fraction of sp³-hybridized carbons (Fsp3) is 0.923. The number of carbonyl (C=O) groups excluding carboxylic acids is 1. The molecule has 0 saturated carbocycles. The monoisotopic (exact) mass is 260 g/mol. The van der Waals surface area contributed by atoms with Crippen LogP contribution in [0, 0.1) is 5.41 Å². The minimum atomic E-state index is -0.374. The van der Waals surface area contributed by atoms with Crippen LogP contribution in [0.25, 0.3) is 0 Å². The summed E-state index contributed by atoms with van der Waals surface area (Å²) >= 11 is 0. The van der Waals surface area contributed by atoms with Gasteiger partial charge in [-0.05, 0) is 26.7 Å². The van der Waals surface area contributed by atoms with Gasteiger partial charge in [-0.25, -0.2) is 4.79 Å². The lowest BCUT2D eigenvalue weighted by molar-refractivity contribution is 0.0252. The standard InChI is InChI=1S/C13H28N2O3/c1-6-13(7-2,10-16)9-15-11(17)14-8-12(3,4)18-5/h16H,6-10H2,1-5H3,(H2,14,15,17). The number of amides is 2. The topological polar surface area (TPSA) is 70.6 Å². The summed E-state index contributed by atoms with van der Waals surface area (Å²) in [6.07, 6.45) is 1.67. The third kappa shape index (κ3) is 5.69. The zero-order valence-electron chi connectivity index (χ0n) is 12.3. The van der Waals surface area contributed by atoms with Gasteiger partial charge in [-0.1, -0.05) is 13.8 Å². The molecule has 0 fully saturated rings. The summed E-state index contributed by atoms with van der Waals surface area (Å²) in [4.78, 5) is 11.6. The summed E-state index contributed by atoms with van der Waals surface area (Å²) in [7, 11) is 1.62. The van der Waals surface area contributed by atoms with E-state index in [2.05, 4.69) is 10.6 Å². The van der Waals surface area contributed by atoms with Crippen molar-refractivity contribution in [1.29, 1.82) is 0 Å².